The van der Waals surface area contributed by atoms with Crippen molar-refractivity contribution in [2.24, 2.45) is 0 Å². The lowest BCUT2D eigenvalue weighted by molar-refractivity contribution is 0.0537. The van der Waals surface area contributed by atoms with Gasteiger partial charge in [-0.1, -0.05) is 0 Å². The number of nitrogens with one attached hydrogen (secondary N) is 1. The van der Waals surface area contributed by atoms with Crippen LogP contribution in [0, 0.1) is 0 Å². The van der Waals surface area contributed by atoms with E-state index in [1.54, 1.807) is 24.7 Å². The predicted molar refractivity (Wildman–Crippen MR) is 58.0 cm³/mol. The summed E-state index contributed by atoms with van der Waals surface area (Å²) in [5, 5.41) is 0. The van der Waals surface area contributed by atoms with Crippen LogP contribution in [0.4, 0.5) is 0 Å². The average molecular weight is 217 g/mol. The summed E-state index contributed by atoms with van der Waals surface area (Å²) in [6.45, 7) is 0. The summed E-state index contributed by atoms with van der Waals surface area (Å²) in [7, 11) is 1.40. The number of rotatable bonds is 3. The summed E-state index contributed by atoms with van der Waals surface area (Å²) in [5.74, 6) is -0.264. The summed E-state index contributed by atoms with van der Waals surface area (Å²) in [5.41, 5.74) is 3.76. The zero-order chi connectivity index (χ0) is 11.4. The van der Waals surface area contributed by atoms with E-state index in [4.69, 9.17) is 0 Å². The minimum Gasteiger partial charge on any atom is -0.306 e. The van der Waals surface area contributed by atoms with Crippen LogP contribution in [0.5, 0.6) is 0 Å². The third kappa shape index (κ3) is 2.09. The molecule has 5 nitrogen and oxygen atoms in total. The van der Waals surface area contributed by atoms with E-state index in [1.807, 2.05) is 22.9 Å². The smallest absolute Gasteiger partial charge is 0.274 e. The van der Waals surface area contributed by atoms with Gasteiger partial charge in [0.1, 0.15) is 0 Å². The van der Waals surface area contributed by atoms with Crippen molar-refractivity contribution in [3.05, 3.63) is 48.5 Å². The highest BCUT2D eigenvalue weighted by Crippen LogP contribution is 2.09. The van der Waals surface area contributed by atoms with Crippen molar-refractivity contribution in [1.82, 2.24) is 15.0 Å². The third-order valence-corrected chi connectivity index (χ3v) is 2.13. The number of amides is 1. The molecule has 0 unspecified atom stereocenters. The molecule has 0 radical (unpaired) electrons. The van der Waals surface area contributed by atoms with E-state index in [9.17, 15) is 4.79 Å². The first kappa shape index (κ1) is 10.4. The molecule has 0 aliphatic heterocycles. The number of nitrogens with zero attached hydrogens (tertiary/aromatic N) is 2. The van der Waals surface area contributed by atoms with Crippen LogP contribution in [-0.4, -0.2) is 22.6 Å². The Hall–Kier alpha value is -2.14. The average Bonchev–Trinajstić information content (AvgIpc) is 2.83. The normalized spacial score (nSPS) is 10.1. The monoisotopic (exact) mass is 217 g/mol. The van der Waals surface area contributed by atoms with Crippen molar-refractivity contribution in [3.63, 3.8) is 0 Å². The fraction of sp³-hybridized carbons (Fsp3) is 0.0909. The minimum absolute atomic E-state index is 0.264. The van der Waals surface area contributed by atoms with E-state index < -0.39 is 0 Å². The van der Waals surface area contributed by atoms with E-state index in [0.717, 1.165) is 5.69 Å². The maximum Gasteiger partial charge on any atom is 0.274 e. The number of hydroxylamine groups is 1. The van der Waals surface area contributed by atoms with E-state index in [1.165, 1.54) is 7.11 Å². The van der Waals surface area contributed by atoms with Gasteiger partial charge in [0.15, 0.2) is 0 Å². The van der Waals surface area contributed by atoms with E-state index in [2.05, 4.69) is 15.3 Å². The van der Waals surface area contributed by atoms with E-state index >= 15 is 0 Å². The van der Waals surface area contributed by atoms with Crippen LogP contribution in [0.1, 0.15) is 10.4 Å². The van der Waals surface area contributed by atoms with Gasteiger partial charge in [-0.3, -0.25) is 9.63 Å². The molecular formula is C11H11N3O2. The van der Waals surface area contributed by atoms with Gasteiger partial charge in [-0.05, 0) is 24.3 Å². The Bertz CT molecular complexity index is 462. The summed E-state index contributed by atoms with van der Waals surface area (Å²) in [6, 6.07) is 7.13. The summed E-state index contributed by atoms with van der Waals surface area (Å²) >= 11 is 0. The lowest BCUT2D eigenvalue weighted by Crippen LogP contribution is -2.21. The third-order valence-electron chi connectivity index (χ3n) is 2.13. The van der Waals surface area contributed by atoms with Crippen LogP contribution in [0.2, 0.25) is 0 Å². The van der Waals surface area contributed by atoms with E-state index in [-0.39, 0.29) is 5.91 Å². The molecule has 1 amide bonds. The van der Waals surface area contributed by atoms with Gasteiger partial charge in [0, 0.05) is 23.6 Å². The van der Waals surface area contributed by atoms with Crippen LogP contribution >= 0.6 is 0 Å². The molecule has 16 heavy (non-hydrogen) atoms. The van der Waals surface area contributed by atoms with Crippen molar-refractivity contribution in [2.45, 2.75) is 0 Å². The highest BCUT2D eigenvalue weighted by atomic mass is 16.6. The Morgan fingerprint density at radius 1 is 1.38 bits per heavy atom. The Kier molecular flexibility index (Phi) is 2.98. The lowest BCUT2D eigenvalue weighted by Gasteiger charge is -2.04. The van der Waals surface area contributed by atoms with Crippen LogP contribution < -0.4 is 5.48 Å². The van der Waals surface area contributed by atoms with Gasteiger partial charge in [-0.25, -0.2) is 10.5 Å². The fourth-order valence-corrected chi connectivity index (χ4v) is 1.35. The zero-order valence-corrected chi connectivity index (χ0v) is 8.75. The predicted octanol–water partition coefficient (Wildman–Crippen LogP) is 1.16. The standard InChI is InChI=1S/C11H11N3O2/c1-16-13-11(15)9-2-4-10(5-3-9)14-7-6-12-8-14/h2-8H,1H3,(H,13,15). The van der Waals surface area contributed by atoms with Gasteiger partial charge in [0.2, 0.25) is 0 Å². The molecule has 0 aliphatic rings. The van der Waals surface area contributed by atoms with Crippen LogP contribution in [0.25, 0.3) is 5.69 Å². The molecule has 82 valence electrons. The maximum atomic E-state index is 11.4. The Morgan fingerprint density at radius 3 is 2.69 bits per heavy atom. The van der Waals surface area contributed by atoms with Gasteiger partial charge >= 0.3 is 0 Å². The number of imidazole rings is 1. The largest absolute Gasteiger partial charge is 0.306 e. The molecule has 1 aromatic heterocycles. The second-order valence-corrected chi connectivity index (χ2v) is 3.15. The number of hydrogen-bond donors (Lipinski definition) is 1. The number of hydrogen-bond acceptors (Lipinski definition) is 3. The molecule has 5 heteroatoms. The molecular weight excluding hydrogens is 206 g/mol. The molecule has 1 heterocycles. The number of benzene rings is 1. The summed E-state index contributed by atoms with van der Waals surface area (Å²) < 4.78 is 1.86. The minimum atomic E-state index is -0.264. The quantitative estimate of drug-likeness (QED) is 0.785. The maximum absolute atomic E-state index is 11.4. The molecule has 0 aliphatic carbocycles. The molecule has 2 aromatic rings. The Morgan fingerprint density at radius 2 is 2.12 bits per heavy atom. The van der Waals surface area contributed by atoms with Crippen LogP contribution in [-0.2, 0) is 4.84 Å². The van der Waals surface area contributed by atoms with Gasteiger partial charge in [0.25, 0.3) is 5.91 Å². The first-order chi connectivity index (χ1) is 7.81. The van der Waals surface area contributed by atoms with Crippen LogP contribution in [0.15, 0.2) is 43.0 Å². The first-order valence-corrected chi connectivity index (χ1v) is 4.73. The Labute approximate surface area is 92.6 Å². The zero-order valence-electron chi connectivity index (χ0n) is 8.75. The molecule has 0 atom stereocenters. The lowest BCUT2D eigenvalue weighted by atomic mass is 10.2. The van der Waals surface area contributed by atoms with Crippen molar-refractivity contribution >= 4 is 5.91 Å². The van der Waals surface area contributed by atoms with E-state index in [0.29, 0.717) is 5.56 Å². The second kappa shape index (κ2) is 4.59. The first-order valence-electron chi connectivity index (χ1n) is 4.73. The molecule has 0 fully saturated rings. The van der Waals surface area contributed by atoms with Crippen molar-refractivity contribution < 1.29 is 9.63 Å². The van der Waals surface area contributed by atoms with Gasteiger partial charge in [-0.15, -0.1) is 0 Å². The molecule has 1 N–H and O–H groups in total. The van der Waals surface area contributed by atoms with Crippen molar-refractivity contribution in [3.8, 4) is 5.69 Å². The molecule has 0 saturated carbocycles. The highest BCUT2D eigenvalue weighted by Gasteiger charge is 2.04. The van der Waals surface area contributed by atoms with Gasteiger partial charge < -0.3 is 4.57 Å². The highest BCUT2D eigenvalue weighted by molar-refractivity contribution is 5.93. The van der Waals surface area contributed by atoms with Crippen molar-refractivity contribution in [2.75, 3.05) is 7.11 Å². The Balaban J connectivity index is 2.20. The number of carbonyl (C=O) groups is 1. The number of carbonyl (C=O) groups excluding carboxylic acids is 1. The SMILES string of the molecule is CONC(=O)c1ccc(-n2ccnc2)cc1. The van der Waals surface area contributed by atoms with Gasteiger partial charge in [0.05, 0.1) is 13.4 Å². The van der Waals surface area contributed by atoms with Crippen molar-refractivity contribution in [1.29, 1.82) is 0 Å². The molecule has 2 rings (SSSR count). The topological polar surface area (TPSA) is 56.1 Å². The summed E-state index contributed by atoms with van der Waals surface area (Å²) in [4.78, 5) is 19.9. The molecule has 0 spiro atoms. The van der Waals surface area contributed by atoms with Gasteiger partial charge in [-0.2, -0.15) is 0 Å². The summed E-state index contributed by atoms with van der Waals surface area (Å²) in [6.07, 6.45) is 5.24. The van der Waals surface area contributed by atoms with Crippen LogP contribution in [0.3, 0.4) is 0 Å². The fourth-order valence-electron chi connectivity index (χ4n) is 1.35. The second-order valence-electron chi connectivity index (χ2n) is 3.15. The molecule has 1 aromatic carbocycles. The molecule has 0 bridgehead atoms. The molecule has 0 saturated heterocycles. The number of aromatic nitrogens is 2.